The lowest BCUT2D eigenvalue weighted by atomic mass is 9.94. The number of ether oxygens (including phenoxy) is 1. The van der Waals surface area contributed by atoms with Crippen LogP contribution in [0.2, 0.25) is 0 Å². The molecule has 1 saturated heterocycles. The van der Waals surface area contributed by atoms with Crippen molar-refractivity contribution in [2.24, 2.45) is 0 Å². The molecule has 2 N–H and O–H groups in total. The predicted molar refractivity (Wildman–Crippen MR) is 65.1 cm³/mol. The normalized spacial score (nSPS) is 20.8. The molecule has 2 atom stereocenters. The van der Waals surface area contributed by atoms with E-state index in [1.165, 1.54) is 0 Å². The van der Waals surface area contributed by atoms with Crippen molar-refractivity contribution in [3.8, 4) is 0 Å². The zero-order chi connectivity index (χ0) is 12.7. The monoisotopic (exact) mass is 244 g/mol. The molecule has 92 valence electrons. The summed E-state index contributed by atoms with van der Waals surface area (Å²) in [6, 6.07) is 7.82. The number of aromatic nitrogens is 1. The minimum absolute atomic E-state index is 0.187. The second-order valence-electron chi connectivity index (χ2n) is 4.39. The Morgan fingerprint density at radius 3 is 2.78 bits per heavy atom. The molecule has 2 amide bonds. The molecule has 0 saturated carbocycles. The largest absolute Gasteiger partial charge is 0.435 e. The van der Waals surface area contributed by atoms with Crippen molar-refractivity contribution in [3.63, 3.8) is 0 Å². The number of hydrogen-bond acceptors (Lipinski definition) is 3. The Kier molecular flexibility index (Phi) is 2.33. The van der Waals surface area contributed by atoms with Crippen molar-refractivity contribution in [1.82, 2.24) is 10.3 Å². The van der Waals surface area contributed by atoms with Gasteiger partial charge in [0.25, 0.3) is 5.91 Å². The first-order chi connectivity index (χ1) is 8.66. The van der Waals surface area contributed by atoms with Gasteiger partial charge in [0, 0.05) is 23.0 Å². The number of para-hydroxylation sites is 1. The van der Waals surface area contributed by atoms with Crippen LogP contribution < -0.4 is 5.32 Å². The van der Waals surface area contributed by atoms with E-state index in [0.717, 1.165) is 16.5 Å². The number of carbonyl (C=O) groups is 2. The maximum atomic E-state index is 11.6. The van der Waals surface area contributed by atoms with E-state index in [4.69, 9.17) is 4.74 Å². The Hall–Kier alpha value is -2.30. The Balaban J connectivity index is 1.99. The van der Waals surface area contributed by atoms with Crippen molar-refractivity contribution in [2.75, 3.05) is 0 Å². The minimum atomic E-state index is -0.753. The number of nitrogens with one attached hydrogen (secondary N) is 2. The molecule has 0 aliphatic carbocycles. The summed E-state index contributed by atoms with van der Waals surface area (Å²) in [6.07, 6.45) is 0.433. The van der Waals surface area contributed by atoms with Crippen LogP contribution in [0.5, 0.6) is 0 Å². The van der Waals surface area contributed by atoms with E-state index in [1.807, 2.05) is 37.4 Å². The molecule has 5 nitrogen and oxygen atoms in total. The maximum absolute atomic E-state index is 11.6. The second-order valence-corrected chi connectivity index (χ2v) is 4.39. The van der Waals surface area contributed by atoms with Gasteiger partial charge in [0.2, 0.25) is 0 Å². The van der Waals surface area contributed by atoms with Crippen molar-refractivity contribution >= 4 is 22.9 Å². The van der Waals surface area contributed by atoms with Crippen molar-refractivity contribution in [2.45, 2.75) is 18.9 Å². The quantitative estimate of drug-likeness (QED) is 0.847. The molecule has 1 aliphatic rings. The zero-order valence-corrected chi connectivity index (χ0v) is 9.77. The summed E-state index contributed by atoms with van der Waals surface area (Å²) in [7, 11) is 0. The molecule has 18 heavy (non-hydrogen) atoms. The molecule has 1 fully saturated rings. The molecule has 1 aliphatic heterocycles. The molecule has 0 radical (unpaired) electrons. The molecule has 0 unspecified atom stereocenters. The lowest BCUT2D eigenvalue weighted by molar-refractivity contribution is -0.124. The number of alkyl carbamates (subject to hydrolysis) is 1. The van der Waals surface area contributed by atoms with Gasteiger partial charge in [-0.2, -0.15) is 0 Å². The first-order valence-electron chi connectivity index (χ1n) is 5.74. The van der Waals surface area contributed by atoms with Crippen molar-refractivity contribution in [3.05, 3.63) is 36.0 Å². The standard InChI is InChI=1S/C13H12N2O3/c1-7(11-12(16)15-13(17)18-11)9-6-14-10-5-3-2-4-8(9)10/h2-7,11,14H,1H3,(H,15,16,17)/t7-,11+/m1/s1. The highest BCUT2D eigenvalue weighted by Crippen LogP contribution is 2.30. The first-order valence-corrected chi connectivity index (χ1v) is 5.74. The third-order valence-corrected chi connectivity index (χ3v) is 3.28. The lowest BCUT2D eigenvalue weighted by Gasteiger charge is -2.14. The molecule has 0 bridgehead atoms. The number of cyclic esters (lactones) is 1. The van der Waals surface area contributed by atoms with E-state index in [0.29, 0.717) is 0 Å². The van der Waals surface area contributed by atoms with Gasteiger partial charge in [0.15, 0.2) is 6.10 Å². The molecule has 1 aromatic carbocycles. The van der Waals surface area contributed by atoms with Crippen LogP contribution in [0.3, 0.4) is 0 Å². The van der Waals surface area contributed by atoms with Crippen LogP contribution in [0.4, 0.5) is 4.79 Å². The number of rotatable bonds is 2. The summed E-state index contributed by atoms with van der Waals surface area (Å²) in [5.41, 5.74) is 1.98. The number of hydrogen-bond donors (Lipinski definition) is 2. The number of aromatic amines is 1. The number of imide groups is 1. The summed E-state index contributed by atoms with van der Waals surface area (Å²) in [6.45, 7) is 1.87. The van der Waals surface area contributed by atoms with E-state index >= 15 is 0 Å². The van der Waals surface area contributed by atoms with Crippen LogP contribution in [-0.4, -0.2) is 23.1 Å². The minimum Gasteiger partial charge on any atom is -0.435 e. The number of H-pyrrole nitrogens is 1. The van der Waals surface area contributed by atoms with Crippen molar-refractivity contribution < 1.29 is 14.3 Å². The molecular formula is C13H12N2O3. The molecule has 0 spiro atoms. The summed E-state index contributed by atoms with van der Waals surface area (Å²) in [5.74, 6) is -0.564. The molecule has 1 aromatic heterocycles. The number of carbonyl (C=O) groups excluding carboxylic acids is 2. The van der Waals surface area contributed by atoms with Gasteiger partial charge in [0.1, 0.15) is 0 Å². The zero-order valence-electron chi connectivity index (χ0n) is 9.77. The molecule has 2 aromatic rings. The Bertz CT molecular complexity index is 632. The van der Waals surface area contributed by atoms with Gasteiger partial charge < -0.3 is 9.72 Å². The Morgan fingerprint density at radius 1 is 1.28 bits per heavy atom. The highest BCUT2D eigenvalue weighted by Gasteiger charge is 2.37. The van der Waals surface area contributed by atoms with E-state index in [9.17, 15) is 9.59 Å². The molecule has 3 rings (SSSR count). The lowest BCUT2D eigenvalue weighted by Crippen LogP contribution is -2.28. The number of benzene rings is 1. The van der Waals surface area contributed by atoms with Crippen LogP contribution >= 0.6 is 0 Å². The van der Waals surface area contributed by atoms with Gasteiger partial charge in [-0.3, -0.25) is 10.1 Å². The predicted octanol–water partition coefficient (Wildman–Crippen LogP) is 1.91. The topological polar surface area (TPSA) is 71.2 Å². The summed E-state index contributed by atoms with van der Waals surface area (Å²) >= 11 is 0. The average molecular weight is 244 g/mol. The third-order valence-electron chi connectivity index (χ3n) is 3.28. The average Bonchev–Trinajstić information content (AvgIpc) is 2.92. The third kappa shape index (κ3) is 1.55. The fourth-order valence-corrected chi connectivity index (χ4v) is 2.33. The Morgan fingerprint density at radius 2 is 2.06 bits per heavy atom. The second kappa shape index (κ2) is 3.87. The summed E-state index contributed by atoms with van der Waals surface area (Å²) in [4.78, 5) is 25.8. The molecular weight excluding hydrogens is 232 g/mol. The Labute approximate surface area is 103 Å². The maximum Gasteiger partial charge on any atom is 0.414 e. The summed E-state index contributed by atoms with van der Waals surface area (Å²) in [5, 5.41) is 3.19. The van der Waals surface area contributed by atoms with Crippen molar-refractivity contribution in [1.29, 1.82) is 0 Å². The highest BCUT2D eigenvalue weighted by molar-refractivity contribution is 6.00. The molecule has 2 heterocycles. The summed E-state index contributed by atoms with van der Waals surface area (Å²) < 4.78 is 4.99. The van der Waals surface area contributed by atoms with E-state index < -0.39 is 12.2 Å². The van der Waals surface area contributed by atoms with Gasteiger partial charge >= 0.3 is 6.09 Å². The van der Waals surface area contributed by atoms with E-state index in [-0.39, 0.29) is 11.8 Å². The highest BCUT2D eigenvalue weighted by atomic mass is 16.6. The van der Waals surface area contributed by atoms with Gasteiger partial charge in [-0.15, -0.1) is 0 Å². The SMILES string of the molecule is C[C@H](c1c[nH]c2ccccc12)[C@@H]1OC(=O)NC1=O. The fraction of sp³-hybridized carbons (Fsp3) is 0.231. The van der Waals surface area contributed by atoms with Gasteiger partial charge in [-0.25, -0.2) is 4.79 Å². The number of amides is 2. The first kappa shape index (κ1) is 10.8. The van der Waals surface area contributed by atoms with Crippen LogP contribution in [0.1, 0.15) is 18.4 Å². The fourth-order valence-electron chi connectivity index (χ4n) is 2.33. The van der Waals surface area contributed by atoms with E-state index in [2.05, 4.69) is 10.3 Å². The smallest absolute Gasteiger partial charge is 0.414 e. The van der Waals surface area contributed by atoms with Crippen LogP contribution in [0.25, 0.3) is 10.9 Å². The van der Waals surface area contributed by atoms with Gasteiger partial charge in [0.05, 0.1) is 0 Å². The van der Waals surface area contributed by atoms with E-state index in [1.54, 1.807) is 0 Å². The van der Waals surface area contributed by atoms with Gasteiger partial charge in [-0.1, -0.05) is 25.1 Å². The van der Waals surface area contributed by atoms with Gasteiger partial charge in [-0.05, 0) is 11.6 Å². The molecule has 5 heteroatoms. The van der Waals surface area contributed by atoms with Crippen LogP contribution in [-0.2, 0) is 9.53 Å². The number of fused-ring (bicyclic) bond motifs is 1. The van der Waals surface area contributed by atoms with Crippen LogP contribution in [0.15, 0.2) is 30.5 Å². The van der Waals surface area contributed by atoms with Crippen LogP contribution in [0, 0.1) is 0 Å².